The summed E-state index contributed by atoms with van der Waals surface area (Å²) in [6.45, 7) is 10.1. The highest BCUT2D eigenvalue weighted by atomic mass is 16.4. The molecule has 0 spiro atoms. The van der Waals surface area contributed by atoms with Crippen LogP contribution in [-0.2, 0) is 4.79 Å². The van der Waals surface area contributed by atoms with E-state index in [0.717, 1.165) is 13.0 Å². The van der Waals surface area contributed by atoms with Crippen LogP contribution in [0.25, 0.3) is 0 Å². The lowest BCUT2D eigenvalue weighted by atomic mass is 9.84. The number of carboxylic acid groups (broad SMARTS) is 1. The number of likely N-dealkylation sites (tertiary alicyclic amines) is 2. The van der Waals surface area contributed by atoms with Gasteiger partial charge in [-0.1, -0.05) is 20.8 Å². The summed E-state index contributed by atoms with van der Waals surface area (Å²) in [7, 11) is 0. The van der Waals surface area contributed by atoms with Crippen molar-refractivity contribution in [3.05, 3.63) is 0 Å². The van der Waals surface area contributed by atoms with E-state index in [4.69, 9.17) is 0 Å². The fourth-order valence-corrected chi connectivity index (χ4v) is 3.80. The highest BCUT2D eigenvalue weighted by Gasteiger charge is 2.46. The maximum atomic E-state index is 12.8. The first-order chi connectivity index (χ1) is 9.80. The van der Waals surface area contributed by atoms with Gasteiger partial charge in [-0.2, -0.15) is 0 Å². The summed E-state index contributed by atoms with van der Waals surface area (Å²) in [5, 5.41) is 9.46. The van der Waals surface area contributed by atoms with Crippen LogP contribution in [-0.4, -0.2) is 52.6 Å². The standard InChI is InChI=1S/C16H28N2O3/c1-5-16(14(19)20)6-7-17(10-16)15(21)18-9-11(2)8-12(3)13(18)4/h11-13H,5-10H2,1-4H3,(H,19,20). The van der Waals surface area contributed by atoms with Crippen molar-refractivity contribution in [3.63, 3.8) is 0 Å². The SMILES string of the molecule is CCC1(C(=O)O)CCN(C(=O)N2CC(C)CC(C)C2C)C1. The van der Waals surface area contributed by atoms with E-state index in [0.29, 0.717) is 37.8 Å². The van der Waals surface area contributed by atoms with Gasteiger partial charge in [0.15, 0.2) is 0 Å². The zero-order chi connectivity index (χ0) is 15.8. The van der Waals surface area contributed by atoms with E-state index in [9.17, 15) is 14.7 Å². The van der Waals surface area contributed by atoms with E-state index >= 15 is 0 Å². The van der Waals surface area contributed by atoms with E-state index in [1.807, 2.05) is 11.8 Å². The lowest BCUT2D eigenvalue weighted by molar-refractivity contribution is -0.148. The maximum absolute atomic E-state index is 12.8. The van der Waals surface area contributed by atoms with Crippen LogP contribution in [0, 0.1) is 17.3 Å². The summed E-state index contributed by atoms with van der Waals surface area (Å²) >= 11 is 0. The summed E-state index contributed by atoms with van der Waals surface area (Å²) in [4.78, 5) is 28.0. The van der Waals surface area contributed by atoms with Gasteiger partial charge in [-0.15, -0.1) is 0 Å². The van der Waals surface area contributed by atoms with Crippen molar-refractivity contribution in [2.24, 2.45) is 17.3 Å². The Balaban J connectivity index is 2.09. The predicted octanol–water partition coefficient (Wildman–Crippen LogP) is 2.66. The maximum Gasteiger partial charge on any atom is 0.320 e. The molecule has 2 saturated heterocycles. The first-order valence-corrected chi connectivity index (χ1v) is 8.09. The smallest absolute Gasteiger partial charge is 0.320 e. The molecular formula is C16H28N2O3. The molecule has 4 atom stereocenters. The molecule has 0 saturated carbocycles. The Labute approximate surface area is 127 Å². The van der Waals surface area contributed by atoms with Crippen molar-refractivity contribution in [1.29, 1.82) is 0 Å². The predicted molar refractivity (Wildman–Crippen MR) is 81.1 cm³/mol. The normalized spacial score (nSPS) is 36.9. The molecule has 0 radical (unpaired) electrons. The van der Waals surface area contributed by atoms with Gasteiger partial charge in [0.25, 0.3) is 0 Å². The Morgan fingerprint density at radius 1 is 1.29 bits per heavy atom. The van der Waals surface area contributed by atoms with E-state index < -0.39 is 11.4 Å². The summed E-state index contributed by atoms with van der Waals surface area (Å²) in [5.41, 5.74) is -0.744. The summed E-state index contributed by atoms with van der Waals surface area (Å²) < 4.78 is 0. The van der Waals surface area contributed by atoms with Crippen LogP contribution >= 0.6 is 0 Å². The number of carboxylic acids is 1. The summed E-state index contributed by atoms with van der Waals surface area (Å²) in [6, 6.07) is 0.257. The van der Waals surface area contributed by atoms with Crippen LogP contribution in [0.4, 0.5) is 4.79 Å². The Bertz CT molecular complexity index is 426. The molecule has 0 aromatic rings. The van der Waals surface area contributed by atoms with Gasteiger partial charge in [0.1, 0.15) is 0 Å². The Hall–Kier alpha value is -1.26. The molecule has 2 heterocycles. The minimum Gasteiger partial charge on any atom is -0.481 e. The third-order valence-electron chi connectivity index (χ3n) is 5.60. The van der Waals surface area contributed by atoms with Crippen molar-refractivity contribution < 1.29 is 14.7 Å². The molecule has 0 aromatic heterocycles. The average molecular weight is 296 g/mol. The number of carbonyl (C=O) groups is 2. The minimum atomic E-state index is -0.770. The molecule has 2 fully saturated rings. The van der Waals surface area contributed by atoms with Crippen LogP contribution in [0.1, 0.15) is 47.0 Å². The van der Waals surface area contributed by atoms with Gasteiger partial charge in [-0.05, 0) is 38.0 Å². The number of nitrogens with zero attached hydrogens (tertiary/aromatic N) is 2. The van der Waals surface area contributed by atoms with Gasteiger partial charge >= 0.3 is 12.0 Å². The number of aliphatic carboxylic acids is 1. The molecule has 4 unspecified atom stereocenters. The monoisotopic (exact) mass is 296 g/mol. The number of piperidine rings is 1. The molecule has 0 aromatic carbocycles. The topological polar surface area (TPSA) is 60.9 Å². The van der Waals surface area contributed by atoms with Crippen molar-refractivity contribution in [2.75, 3.05) is 19.6 Å². The number of rotatable bonds is 2. The Morgan fingerprint density at radius 2 is 1.95 bits per heavy atom. The molecule has 5 nitrogen and oxygen atoms in total. The molecule has 1 N–H and O–H groups in total. The largest absolute Gasteiger partial charge is 0.481 e. The fraction of sp³-hybridized carbons (Fsp3) is 0.875. The Morgan fingerprint density at radius 3 is 2.48 bits per heavy atom. The van der Waals surface area contributed by atoms with Gasteiger partial charge in [-0.3, -0.25) is 4.79 Å². The van der Waals surface area contributed by atoms with Crippen LogP contribution in [0.15, 0.2) is 0 Å². The van der Waals surface area contributed by atoms with Crippen molar-refractivity contribution in [3.8, 4) is 0 Å². The number of hydrogen-bond acceptors (Lipinski definition) is 2. The zero-order valence-electron chi connectivity index (χ0n) is 13.6. The first-order valence-electron chi connectivity index (χ1n) is 8.09. The molecule has 0 bridgehead atoms. The van der Waals surface area contributed by atoms with E-state index in [2.05, 4.69) is 20.8 Å². The van der Waals surface area contributed by atoms with Gasteiger partial charge in [-0.25, -0.2) is 4.79 Å². The number of amides is 2. The highest BCUT2D eigenvalue weighted by Crippen LogP contribution is 2.36. The average Bonchev–Trinajstić information content (AvgIpc) is 2.88. The molecule has 2 aliphatic heterocycles. The van der Waals surface area contributed by atoms with Gasteiger partial charge in [0.2, 0.25) is 0 Å². The first kappa shape index (κ1) is 16.1. The van der Waals surface area contributed by atoms with Crippen molar-refractivity contribution >= 4 is 12.0 Å². The van der Waals surface area contributed by atoms with Crippen LogP contribution in [0.2, 0.25) is 0 Å². The molecule has 2 rings (SSSR count). The lowest BCUT2D eigenvalue weighted by Crippen LogP contribution is -2.53. The molecule has 0 aliphatic carbocycles. The zero-order valence-corrected chi connectivity index (χ0v) is 13.6. The van der Waals surface area contributed by atoms with Crippen molar-refractivity contribution in [1.82, 2.24) is 9.80 Å². The molecule has 2 aliphatic rings. The van der Waals surface area contributed by atoms with Crippen molar-refractivity contribution in [2.45, 2.75) is 53.0 Å². The third kappa shape index (κ3) is 2.87. The van der Waals surface area contributed by atoms with Crippen LogP contribution in [0.3, 0.4) is 0 Å². The lowest BCUT2D eigenvalue weighted by Gasteiger charge is -2.42. The highest BCUT2D eigenvalue weighted by molar-refractivity contribution is 5.80. The second kappa shape index (κ2) is 5.85. The van der Waals surface area contributed by atoms with Crippen LogP contribution < -0.4 is 0 Å². The minimum absolute atomic E-state index is 0.0254. The number of hydrogen-bond donors (Lipinski definition) is 1. The van der Waals surface area contributed by atoms with E-state index in [1.165, 1.54) is 0 Å². The Kier molecular flexibility index (Phi) is 4.49. The summed E-state index contributed by atoms with van der Waals surface area (Å²) in [5.74, 6) is 0.239. The molecule has 21 heavy (non-hydrogen) atoms. The second-order valence-electron chi connectivity index (χ2n) is 7.10. The van der Waals surface area contributed by atoms with Gasteiger partial charge < -0.3 is 14.9 Å². The van der Waals surface area contributed by atoms with Gasteiger partial charge in [0.05, 0.1) is 5.41 Å². The second-order valence-corrected chi connectivity index (χ2v) is 7.10. The molecular weight excluding hydrogens is 268 g/mol. The van der Waals surface area contributed by atoms with Gasteiger partial charge in [0, 0.05) is 25.7 Å². The fourth-order valence-electron chi connectivity index (χ4n) is 3.80. The summed E-state index contributed by atoms with van der Waals surface area (Å²) in [6.07, 6.45) is 2.30. The number of urea groups is 1. The van der Waals surface area contributed by atoms with E-state index in [-0.39, 0.29) is 12.1 Å². The molecule has 120 valence electrons. The molecule has 2 amide bonds. The number of carbonyl (C=O) groups excluding carboxylic acids is 1. The molecule has 5 heteroatoms. The quantitative estimate of drug-likeness (QED) is 0.852. The van der Waals surface area contributed by atoms with Crippen LogP contribution in [0.5, 0.6) is 0 Å². The van der Waals surface area contributed by atoms with E-state index in [1.54, 1.807) is 4.90 Å². The third-order valence-corrected chi connectivity index (χ3v) is 5.60.